The summed E-state index contributed by atoms with van der Waals surface area (Å²) in [6, 6.07) is 0.449. The third-order valence-electron chi connectivity index (χ3n) is 4.33. The van der Waals surface area contributed by atoms with E-state index >= 15 is 0 Å². The van der Waals surface area contributed by atoms with Gasteiger partial charge in [-0.3, -0.25) is 4.90 Å². The van der Waals surface area contributed by atoms with E-state index in [1.54, 1.807) is 11.3 Å². The van der Waals surface area contributed by atoms with Crippen molar-refractivity contribution in [2.24, 2.45) is 0 Å². The second-order valence-electron chi connectivity index (χ2n) is 6.36. The molecular formula is C15H21N5OS. The molecule has 0 spiro atoms. The lowest BCUT2D eigenvalue weighted by atomic mass is 10.2. The third-order valence-corrected chi connectivity index (χ3v) is 5.33. The van der Waals surface area contributed by atoms with E-state index in [9.17, 15) is 0 Å². The molecule has 7 heteroatoms. The Kier molecular flexibility index (Phi) is 3.62. The zero-order valence-electron chi connectivity index (χ0n) is 13.0. The first kappa shape index (κ1) is 14.1. The number of piperazine rings is 1. The Morgan fingerprint density at radius 1 is 1.32 bits per heavy atom. The van der Waals surface area contributed by atoms with Gasteiger partial charge < -0.3 is 9.32 Å². The number of thiazole rings is 1. The summed E-state index contributed by atoms with van der Waals surface area (Å²) in [6.45, 7) is 8.07. The van der Waals surface area contributed by atoms with E-state index in [1.807, 2.05) is 6.92 Å². The highest BCUT2D eigenvalue weighted by atomic mass is 32.1. The minimum absolute atomic E-state index is 0.449. The number of nitrogens with zero attached hydrogens (tertiary/aromatic N) is 5. The van der Waals surface area contributed by atoms with Crippen molar-refractivity contribution in [3.63, 3.8) is 0 Å². The van der Waals surface area contributed by atoms with Crippen LogP contribution in [-0.4, -0.2) is 45.8 Å². The fourth-order valence-corrected chi connectivity index (χ4v) is 3.88. The molecule has 0 N–H and O–H groups in total. The summed E-state index contributed by atoms with van der Waals surface area (Å²) in [5.41, 5.74) is 1.10. The van der Waals surface area contributed by atoms with E-state index < -0.39 is 0 Å². The summed E-state index contributed by atoms with van der Waals surface area (Å²) in [6.07, 6.45) is 2.40. The molecule has 1 unspecified atom stereocenters. The van der Waals surface area contributed by atoms with Gasteiger partial charge in [-0.2, -0.15) is 0 Å². The van der Waals surface area contributed by atoms with Crippen molar-refractivity contribution in [3.8, 4) is 0 Å². The van der Waals surface area contributed by atoms with Crippen LogP contribution < -0.4 is 4.90 Å². The molecular weight excluding hydrogens is 298 g/mol. The molecule has 118 valence electrons. The zero-order valence-corrected chi connectivity index (χ0v) is 13.8. The van der Waals surface area contributed by atoms with E-state index in [4.69, 9.17) is 4.42 Å². The van der Waals surface area contributed by atoms with E-state index in [1.165, 1.54) is 12.8 Å². The summed E-state index contributed by atoms with van der Waals surface area (Å²) in [5.74, 6) is 2.12. The van der Waals surface area contributed by atoms with Crippen LogP contribution in [0, 0.1) is 6.92 Å². The first-order valence-corrected chi connectivity index (χ1v) is 8.80. The van der Waals surface area contributed by atoms with Crippen LogP contribution in [0.15, 0.2) is 9.80 Å². The maximum atomic E-state index is 5.77. The summed E-state index contributed by atoms with van der Waals surface area (Å²) in [4.78, 5) is 9.40. The molecule has 4 rings (SSSR count). The fraction of sp³-hybridized carbons (Fsp3) is 0.667. The Labute approximate surface area is 134 Å². The van der Waals surface area contributed by atoms with Crippen molar-refractivity contribution >= 4 is 16.5 Å². The number of hydrogen-bond donors (Lipinski definition) is 0. The monoisotopic (exact) mass is 319 g/mol. The number of hydrogen-bond acceptors (Lipinski definition) is 7. The standard InChI is InChI=1S/C15H21N5OS/c1-10-9-22-15(16-10)20-6-5-19(7-11(20)2)8-13-17-18-14(21-13)12-3-4-12/h9,11-12H,3-8H2,1-2H3. The van der Waals surface area contributed by atoms with Crippen LogP contribution in [0.1, 0.15) is 43.2 Å². The molecule has 2 aliphatic rings. The van der Waals surface area contributed by atoms with Crippen molar-refractivity contribution in [3.05, 3.63) is 22.9 Å². The molecule has 0 aromatic carbocycles. The molecule has 6 nitrogen and oxygen atoms in total. The van der Waals surface area contributed by atoms with Gasteiger partial charge in [0, 0.05) is 37.0 Å². The highest BCUT2D eigenvalue weighted by Gasteiger charge is 2.30. The van der Waals surface area contributed by atoms with E-state index in [0.29, 0.717) is 12.0 Å². The van der Waals surface area contributed by atoms with Gasteiger partial charge in [-0.1, -0.05) is 0 Å². The summed E-state index contributed by atoms with van der Waals surface area (Å²) < 4.78 is 5.77. The first-order chi connectivity index (χ1) is 10.7. The van der Waals surface area contributed by atoms with Gasteiger partial charge in [0.1, 0.15) is 0 Å². The SMILES string of the molecule is Cc1csc(N2CCN(Cc3nnc(C4CC4)o3)CC2C)n1. The quantitative estimate of drug-likeness (QED) is 0.862. The van der Waals surface area contributed by atoms with Gasteiger partial charge in [0.25, 0.3) is 0 Å². The number of aromatic nitrogens is 3. The number of rotatable bonds is 4. The predicted molar refractivity (Wildman–Crippen MR) is 85.2 cm³/mol. The zero-order chi connectivity index (χ0) is 15.1. The van der Waals surface area contributed by atoms with Gasteiger partial charge >= 0.3 is 0 Å². The van der Waals surface area contributed by atoms with Crippen molar-refractivity contribution in [2.75, 3.05) is 24.5 Å². The molecule has 1 aliphatic heterocycles. The minimum Gasteiger partial charge on any atom is -0.424 e. The van der Waals surface area contributed by atoms with Crippen LogP contribution in [0.5, 0.6) is 0 Å². The molecule has 0 amide bonds. The van der Waals surface area contributed by atoms with Gasteiger partial charge in [-0.15, -0.1) is 21.5 Å². The Bertz CT molecular complexity index is 650. The molecule has 3 heterocycles. The van der Waals surface area contributed by atoms with E-state index in [-0.39, 0.29) is 0 Å². The van der Waals surface area contributed by atoms with Crippen LogP contribution in [0.4, 0.5) is 5.13 Å². The molecule has 0 bridgehead atoms. The Balaban J connectivity index is 1.37. The van der Waals surface area contributed by atoms with Gasteiger partial charge in [-0.05, 0) is 26.7 Å². The van der Waals surface area contributed by atoms with Crippen molar-refractivity contribution < 1.29 is 4.42 Å². The molecule has 22 heavy (non-hydrogen) atoms. The molecule has 0 radical (unpaired) electrons. The van der Waals surface area contributed by atoms with Gasteiger partial charge in [0.05, 0.1) is 12.2 Å². The predicted octanol–water partition coefficient (Wildman–Crippen LogP) is 2.42. The van der Waals surface area contributed by atoms with Crippen LogP contribution in [0.3, 0.4) is 0 Å². The largest absolute Gasteiger partial charge is 0.424 e. The van der Waals surface area contributed by atoms with Crippen LogP contribution in [0.2, 0.25) is 0 Å². The molecule has 1 saturated heterocycles. The van der Waals surface area contributed by atoms with Crippen LogP contribution in [-0.2, 0) is 6.54 Å². The highest BCUT2D eigenvalue weighted by Crippen LogP contribution is 2.39. The second kappa shape index (κ2) is 5.62. The summed E-state index contributed by atoms with van der Waals surface area (Å²) in [5, 5.41) is 11.6. The molecule has 1 aliphatic carbocycles. The fourth-order valence-electron chi connectivity index (χ4n) is 2.95. The molecule has 2 aromatic rings. The molecule has 1 atom stereocenters. The highest BCUT2D eigenvalue weighted by molar-refractivity contribution is 7.13. The second-order valence-corrected chi connectivity index (χ2v) is 7.19. The molecule has 1 saturated carbocycles. The minimum atomic E-state index is 0.449. The van der Waals surface area contributed by atoms with Gasteiger partial charge in [0.15, 0.2) is 5.13 Å². The Morgan fingerprint density at radius 2 is 2.18 bits per heavy atom. The van der Waals surface area contributed by atoms with Crippen molar-refractivity contribution in [2.45, 2.75) is 45.2 Å². The van der Waals surface area contributed by atoms with Crippen molar-refractivity contribution in [1.82, 2.24) is 20.1 Å². The molecule has 2 aromatic heterocycles. The topological polar surface area (TPSA) is 58.3 Å². The van der Waals surface area contributed by atoms with Gasteiger partial charge in [-0.25, -0.2) is 4.98 Å². The summed E-state index contributed by atoms with van der Waals surface area (Å²) in [7, 11) is 0. The number of aryl methyl sites for hydroxylation is 1. The van der Waals surface area contributed by atoms with Crippen molar-refractivity contribution in [1.29, 1.82) is 0 Å². The lowest BCUT2D eigenvalue weighted by Crippen LogP contribution is -2.51. The van der Waals surface area contributed by atoms with Gasteiger partial charge in [0.2, 0.25) is 11.8 Å². The maximum Gasteiger partial charge on any atom is 0.230 e. The average molecular weight is 319 g/mol. The lowest BCUT2D eigenvalue weighted by Gasteiger charge is -2.39. The smallest absolute Gasteiger partial charge is 0.230 e. The number of anilines is 1. The Morgan fingerprint density at radius 3 is 2.86 bits per heavy atom. The van der Waals surface area contributed by atoms with Crippen LogP contribution in [0.25, 0.3) is 0 Å². The van der Waals surface area contributed by atoms with Crippen LogP contribution >= 0.6 is 11.3 Å². The maximum absolute atomic E-state index is 5.77. The third kappa shape index (κ3) is 2.87. The summed E-state index contributed by atoms with van der Waals surface area (Å²) >= 11 is 1.73. The van der Waals surface area contributed by atoms with E-state index in [2.05, 4.69) is 37.3 Å². The Hall–Kier alpha value is -1.47. The molecule has 2 fully saturated rings. The lowest BCUT2D eigenvalue weighted by molar-refractivity contribution is 0.200. The average Bonchev–Trinajstić information content (AvgIpc) is 3.10. The normalized spacial score (nSPS) is 23.2. The first-order valence-electron chi connectivity index (χ1n) is 7.92. The van der Waals surface area contributed by atoms with E-state index in [0.717, 1.165) is 48.8 Å².